The number of carbonyl (C=O) groups is 1. The van der Waals surface area contributed by atoms with E-state index in [0.717, 1.165) is 5.56 Å². The van der Waals surface area contributed by atoms with Crippen LogP contribution in [0.15, 0.2) is 29.2 Å². The van der Waals surface area contributed by atoms with E-state index >= 15 is 0 Å². The molecule has 1 aromatic carbocycles. The number of rotatable bonds is 3. The number of aliphatic hydroxyl groups excluding tert-OH is 1. The van der Waals surface area contributed by atoms with Crippen LogP contribution in [0, 0.1) is 0 Å². The summed E-state index contributed by atoms with van der Waals surface area (Å²) in [5.74, 6) is -0.00731. The quantitative estimate of drug-likeness (QED) is 0.651. The van der Waals surface area contributed by atoms with E-state index < -0.39 is 0 Å². The maximum atomic E-state index is 12.0. The van der Waals surface area contributed by atoms with Crippen LogP contribution in [0.3, 0.4) is 0 Å². The second-order valence-corrected chi connectivity index (χ2v) is 5.32. The highest BCUT2D eigenvalue weighted by Gasteiger charge is 2.31. The molecule has 1 fully saturated rings. The number of thioether (sulfide) groups is 1. The van der Waals surface area contributed by atoms with Crippen molar-refractivity contribution in [3.63, 3.8) is 0 Å². The van der Waals surface area contributed by atoms with E-state index in [0.29, 0.717) is 9.23 Å². The van der Waals surface area contributed by atoms with E-state index in [1.54, 1.807) is 30.3 Å². The molecule has 0 saturated carbocycles. The molecule has 94 valence electrons. The van der Waals surface area contributed by atoms with Gasteiger partial charge in [0.1, 0.15) is 10.1 Å². The SMILES string of the molecule is O=C1C(=Cc2ccc(O)cc2)SC(=S)N1CCO. The van der Waals surface area contributed by atoms with Crippen LogP contribution in [0.2, 0.25) is 0 Å². The lowest BCUT2D eigenvalue weighted by Gasteiger charge is -2.11. The van der Waals surface area contributed by atoms with Gasteiger partial charge in [0.25, 0.3) is 5.91 Å². The molecule has 1 aromatic rings. The van der Waals surface area contributed by atoms with Crippen LogP contribution in [0.4, 0.5) is 0 Å². The third-order valence-corrected chi connectivity index (χ3v) is 3.77. The first-order valence-electron chi connectivity index (χ1n) is 5.27. The summed E-state index contributed by atoms with van der Waals surface area (Å²) in [5.41, 5.74) is 0.817. The van der Waals surface area contributed by atoms with Crippen molar-refractivity contribution in [2.45, 2.75) is 0 Å². The number of aromatic hydroxyl groups is 1. The molecule has 1 heterocycles. The van der Waals surface area contributed by atoms with Crippen LogP contribution < -0.4 is 0 Å². The van der Waals surface area contributed by atoms with Crippen molar-refractivity contribution in [1.82, 2.24) is 4.90 Å². The third kappa shape index (κ3) is 2.72. The number of phenols is 1. The number of aliphatic hydroxyl groups is 1. The predicted molar refractivity (Wildman–Crippen MR) is 75.1 cm³/mol. The normalized spacial score (nSPS) is 17.8. The summed E-state index contributed by atoms with van der Waals surface area (Å²) in [6.07, 6.45) is 1.72. The molecule has 1 aliphatic rings. The third-order valence-electron chi connectivity index (χ3n) is 2.39. The Labute approximate surface area is 114 Å². The smallest absolute Gasteiger partial charge is 0.266 e. The minimum absolute atomic E-state index is 0.112. The zero-order valence-electron chi connectivity index (χ0n) is 9.37. The summed E-state index contributed by atoms with van der Waals surface area (Å²) < 4.78 is 0.457. The first-order chi connectivity index (χ1) is 8.61. The molecule has 0 unspecified atom stereocenters. The number of nitrogens with zero attached hydrogens (tertiary/aromatic N) is 1. The van der Waals surface area contributed by atoms with Gasteiger partial charge < -0.3 is 10.2 Å². The maximum Gasteiger partial charge on any atom is 0.266 e. The van der Waals surface area contributed by atoms with Gasteiger partial charge in [-0.2, -0.15) is 0 Å². The first kappa shape index (κ1) is 13.1. The molecule has 1 saturated heterocycles. The van der Waals surface area contributed by atoms with Gasteiger partial charge in [-0.3, -0.25) is 9.69 Å². The Balaban J connectivity index is 2.22. The average Bonchev–Trinajstić information content (AvgIpc) is 2.60. The molecule has 4 nitrogen and oxygen atoms in total. The van der Waals surface area contributed by atoms with Gasteiger partial charge in [-0.15, -0.1) is 0 Å². The van der Waals surface area contributed by atoms with Crippen LogP contribution in [0.5, 0.6) is 5.75 Å². The van der Waals surface area contributed by atoms with Gasteiger partial charge in [-0.1, -0.05) is 36.1 Å². The van der Waals surface area contributed by atoms with Crippen molar-refractivity contribution < 1.29 is 15.0 Å². The second kappa shape index (κ2) is 5.51. The van der Waals surface area contributed by atoms with Crippen LogP contribution >= 0.6 is 24.0 Å². The number of phenolic OH excluding ortho intramolecular Hbond substituents is 1. The molecule has 0 radical (unpaired) electrons. The van der Waals surface area contributed by atoms with Crippen LogP contribution in [-0.4, -0.2) is 38.5 Å². The number of β-amino-alcohol motifs (C(OH)–C–C–N with tert-alkyl or cyclic N) is 1. The summed E-state index contributed by atoms with van der Waals surface area (Å²) in [6.45, 7) is 0.108. The molecule has 2 rings (SSSR count). The number of carbonyl (C=O) groups excluding carboxylic acids is 1. The van der Waals surface area contributed by atoms with Crippen molar-refractivity contribution in [3.8, 4) is 5.75 Å². The summed E-state index contributed by atoms with van der Waals surface area (Å²) in [7, 11) is 0. The fourth-order valence-corrected chi connectivity index (χ4v) is 2.82. The molecule has 0 spiro atoms. The van der Waals surface area contributed by atoms with Crippen molar-refractivity contribution in [3.05, 3.63) is 34.7 Å². The molecule has 0 aliphatic carbocycles. The molecule has 0 aromatic heterocycles. The fraction of sp³-hybridized carbons (Fsp3) is 0.167. The summed E-state index contributed by atoms with van der Waals surface area (Å²) >= 11 is 6.29. The number of benzene rings is 1. The highest BCUT2D eigenvalue weighted by Crippen LogP contribution is 2.32. The van der Waals surface area contributed by atoms with Crippen molar-refractivity contribution in [1.29, 1.82) is 0 Å². The van der Waals surface area contributed by atoms with E-state index in [2.05, 4.69) is 0 Å². The van der Waals surface area contributed by atoms with Gasteiger partial charge in [0.05, 0.1) is 18.1 Å². The van der Waals surface area contributed by atoms with Crippen LogP contribution in [-0.2, 0) is 4.79 Å². The van der Waals surface area contributed by atoms with Crippen LogP contribution in [0.25, 0.3) is 6.08 Å². The van der Waals surface area contributed by atoms with Crippen molar-refractivity contribution in [2.24, 2.45) is 0 Å². The van der Waals surface area contributed by atoms with Gasteiger partial charge in [0.2, 0.25) is 0 Å². The lowest BCUT2D eigenvalue weighted by Crippen LogP contribution is -2.30. The summed E-state index contributed by atoms with van der Waals surface area (Å²) in [4.78, 5) is 13.9. The highest BCUT2D eigenvalue weighted by molar-refractivity contribution is 8.26. The minimum atomic E-state index is -0.188. The molecule has 6 heteroatoms. The Bertz CT molecular complexity index is 511. The summed E-state index contributed by atoms with van der Waals surface area (Å²) in [5, 5.41) is 18.0. The van der Waals surface area contributed by atoms with E-state index in [1.165, 1.54) is 16.7 Å². The van der Waals surface area contributed by atoms with E-state index in [-0.39, 0.29) is 24.8 Å². The number of amides is 1. The van der Waals surface area contributed by atoms with Gasteiger partial charge >= 0.3 is 0 Å². The first-order valence-corrected chi connectivity index (χ1v) is 6.49. The second-order valence-electron chi connectivity index (χ2n) is 3.65. The standard InChI is InChI=1S/C12H11NO3S2/c14-6-5-13-11(16)10(18-12(13)17)7-8-1-3-9(15)4-2-8/h1-4,7,14-15H,5-6H2. The molecule has 0 bridgehead atoms. The molecular formula is C12H11NO3S2. The largest absolute Gasteiger partial charge is 0.508 e. The lowest BCUT2D eigenvalue weighted by atomic mass is 10.2. The van der Waals surface area contributed by atoms with Gasteiger partial charge in [-0.05, 0) is 23.8 Å². The minimum Gasteiger partial charge on any atom is -0.508 e. The number of hydrogen-bond acceptors (Lipinski definition) is 5. The Kier molecular flexibility index (Phi) is 4.00. The highest BCUT2D eigenvalue weighted by atomic mass is 32.2. The Morgan fingerprint density at radius 3 is 2.61 bits per heavy atom. The summed E-state index contributed by atoms with van der Waals surface area (Å²) in [6, 6.07) is 6.54. The zero-order chi connectivity index (χ0) is 13.1. The molecule has 0 atom stereocenters. The van der Waals surface area contributed by atoms with Crippen molar-refractivity contribution in [2.75, 3.05) is 13.2 Å². The zero-order valence-corrected chi connectivity index (χ0v) is 11.0. The van der Waals surface area contributed by atoms with E-state index in [9.17, 15) is 9.90 Å². The Morgan fingerprint density at radius 2 is 2.00 bits per heavy atom. The van der Waals surface area contributed by atoms with Gasteiger partial charge in [0.15, 0.2) is 0 Å². The molecule has 2 N–H and O–H groups in total. The van der Waals surface area contributed by atoms with Gasteiger partial charge in [0, 0.05) is 0 Å². The number of hydrogen-bond donors (Lipinski definition) is 2. The Hall–Kier alpha value is -1.37. The van der Waals surface area contributed by atoms with E-state index in [1.807, 2.05) is 0 Å². The molecule has 1 amide bonds. The van der Waals surface area contributed by atoms with E-state index in [4.69, 9.17) is 17.3 Å². The average molecular weight is 281 g/mol. The Morgan fingerprint density at radius 1 is 1.33 bits per heavy atom. The molecular weight excluding hydrogens is 270 g/mol. The molecule has 1 aliphatic heterocycles. The number of thiocarbonyl (C=S) groups is 1. The predicted octanol–water partition coefficient (Wildman–Crippen LogP) is 1.59. The fourth-order valence-electron chi connectivity index (χ4n) is 1.51. The van der Waals surface area contributed by atoms with Crippen molar-refractivity contribution >= 4 is 40.3 Å². The molecule has 18 heavy (non-hydrogen) atoms. The van der Waals surface area contributed by atoms with Crippen LogP contribution in [0.1, 0.15) is 5.56 Å². The lowest BCUT2D eigenvalue weighted by molar-refractivity contribution is -0.122. The monoisotopic (exact) mass is 281 g/mol. The van der Waals surface area contributed by atoms with Gasteiger partial charge in [-0.25, -0.2) is 0 Å². The maximum absolute atomic E-state index is 12.0. The topological polar surface area (TPSA) is 60.8 Å².